The van der Waals surface area contributed by atoms with Crippen LogP contribution in [0.2, 0.25) is 0 Å². The van der Waals surface area contributed by atoms with Gasteiger partial charge in [0, 0.05) is 25.8 Å². The number of methoxy groups -OCH3 is 1. The zero-order valence-electron chi connectivity index (χ0n) is 11.9. The molecule has 1 atom stereocenters. The molecule has 1 aliphatic heterocycles. The molecule has 7 nitrogen and oxygen atoms in total. The lowest BCUT2D eigenvalue weighted by Crippen LogP contribution is -2.37. The molecule has 114 valence electrons. The summed E-state index contributed by atoms with van der Waals surface area (Å²) in [5.41, 5.74) is 2.83. The number of carbonyl (C=O) groups excluding carboxylic acids is 2. The highest BCUT2D eigenvalue weighted by Crippen LogP contribution is 2.26. The molecular weight excluding hydrogens is 274 g/mol. The van der Waals surface area contributed by atoms with Gasteiger partial charge in [-0.1, -0.05) is 0 Å². The van der Waals surface area contributed by atoms with Crippen LogP contribution in [0.1, 0.15) is 6.42 Å². The van der Waals surface area contributed by atoms with Gasteiger partial charge in [-0.25, -0.2) is 5.84 Å². The SMILES string of the molecule is COCCOc1ccc(N2CC(C(=O)NN)CC2=O)cc1. The number of hydrogen-bond acceptors (Lipinski definition) is 5. The fourth-order valence-corrected chi connectivity index (χ4v) is 2.22. The van der Waals surface area contributed by atoms with Crippen molar-refractivity contribution in [3.05, 3.63) is 24.3 Å². The molecule has 0 aliphatic carbocycles. The van der Waals surface area contributed by atoms with Gasteiger partial charge in [-0.15, -0.1) is 0 Å². The Labute approximate surface area is 123 Å². The van der Waals surface area contributed by atoms with Gasteiger partial charge < -0.3 is 14.4 Å². The van der Waals surface area contributed by atoms with E-state index in [2.05, 4.69) is 5.43 Å². The standard InChI is InChI=1S/C14H19N3O4/c1-20-6-7-21-12-4-2-11(3-5-12)17-9-10(8-13(17)18)14(19)16-15/h2-5,10H,6-9,15H2,1H3,(H,16,19). The first-order chi connectivity index (χ1) is 10.2. The van der Waals surface area contributed by atoms with Crippen molar-refractivity contribution in [2.75, 3.05) is 31.8 Å². The predicted octanol–water partition coefficient (Wildman–Crippen LogP) is 0.0546. The summed E-state index contributed by atoms with van der Waals surface area (Å²) < 4.78 is 10.4. The van der Waals surface area contributed by atoms with Crippen LogP contribution >= 0.6 is 0 Å². The third-order valence-electron chi connectivity index (χ3n) is 3.34. The molecule has 0 bridgehead atoms. The lowest BCUT2D eigenvalue weighted by atomic mass is 10.1. The fourth-order valence-electron chi connectivity index (χ4n) is 2.22. The van der Waals surface area contributed by atoms with Crippen LogP contribution in [0, 0.1) is 5.92 Å². The zero-order chi connectivity index (χ0) is 15.2. The number of ether oxygens (including phenoxy) is 2. The maximum absolute atomic E-state index is 12.0. The lowest BCUT2D eigenvalue weighted by molar-refractivity contribution is -0.126. The molecule has 2 amide bonds. The van der Waals surface area contributed by atoms with E-state index < -0.39 is 5.92 Å². The molecule has 0 saturated carbocycles. The van der Waals surface area contributed by atoms with Gasteiger partial charge in [-0.3, -0.25) is 15.0 Å². The average Bonchev–Trinajstić information content (AvgIpc) is 2.89. The Morgan fingerprint density at radius 1 is 1.38 bits per heavy atom. The summed E-state index contributed by atoms with van der Waals surface area (Å²) >= 11 is 0. The van der Waals surface area contributed by atoms with Crippen molar-refractivity contribution >= 4 is 17.5 Å². The van der Waals surface area contributed by atoms with E-state index in [-0.39, 0.29) is 18.2 Å². The van der Waals surface area contributed by atoms with Gasteiger partial charge in [0.15, 0.2) is 0 Å². The number of nitrogens with zero attached hydrogens (tertiary/aromatic N) is 1. The minimum absolute atomic E-state index is 0.0864. The van der Waals surface area contributed by atoms with Crippen molar-refractivity contribution in [2.45, 2.75) is 6.42 Å². The third-order valence-corrected chi connectivity index (χ3v) is 3.34. The topological polar surface area (TPSA) is 93.9 Å². The van der Waals surface area contributed by atoms with E-state index in [1.165, 1.54) is 0 Å². The number of hydrazine groups is 1. The number of hydrogen-bond donors (Lipinski definition) is 2. The Balaban J connectivity index is 1.98. The molecule has 1 unspecified atom stereocenters. The van der Waals surface area contributed by atoms with E-state index in [1.807, 2.05) is 0 Å². The Bertz CT molecular complexity index is 503. The molecule has 1 aromatic carbocycles. The van der Waals surface area contributed by atoms with Crippen LogP contribution in [0.25, 0.3) is 0 Å². The molecule has 1 aliphatic rings. The van der Waals surface area contributed by atoms with Gasteiger partial charge in [-0.05, 0) is 24.3 Å². The molecule has 2 rings (SSSR count). The van der Waals surface area contributed by atoms with E-state index in [9.17, 15) is 9.59 Å². The average molecular weight is 293 g/mol. The molecule has 1 fully saturated rings. The second kappa shape index (κ2) is 7.05. The van der Waals surface area contributed by atoms with Crippen molar-refractivity contribution in [3.8, 4) is 5.75 Å². The fraction of sp³-hybridized carbons (Fsp3) is 0.429. The Morgan fingerprint density at radius 2 is 2.10 bits per heavy atom. The molecule has 0 aromatic heterocycles. The van der Waals surface area contributed by atoms with Crippen molar-refractivity contribution in [2.24, 2.45) is 11.8 Å². The number of amides is 2. The number of carbonyl (C=O) groups is 2. The highest BCUT2D eigenvalue weighted by molar-refractivity contribution is 6.00. The van der Waals surface area contributed by atoms with Crippen LogP contribution in [-0.2, 0) is 14.3 Å². The van der Waals surface area contributed by atoms with Gasteiger partial charge >= 0.3 is 0 Å². The quantitative estimate of drug-likeness (QED) is 0.335. The summed E-state index contributed by atoms with van der Waals surface area (Å²) in [6.07, 6.45) is 0.176. The summed E-state index contributed by atoms with van der Waals surface area (Å²) in [6, 6.07) is 7.16. The van der Waals surface area contributed by atoms with Crippen LogP contribution < -0.4 is 20.9 Å². The molecule has 0 radical (unpaired) electrons. The summed E-state index contributed by atoms with van der Waals surface area (Å²) in [7, 11) is 1.61. The zero-order valence-corrected chi connectivity index (χ0v) is 11.9. The number of rotatable bonds is 6. The molecule has 1 heterocycles. The lowest BCUT2D eigenvalue weighted by Gasteiger charge is -2.17. The van der Waals surface area contributed by atoms with Crippen LogP contribution in [0.3, 0.4) is 0 Å². The first kappa shape index (κ1) is 15.3. The van der Waals surface area contributed by atoms with Crippen molar-refractivity contribution in [1.82, 2.24) is 5.43 Å². The molecule has 3 N–H and O–H groups in total. The van der Waals surface area contributed by atoms with E-state index in [0.717, 1.165) is 5.69 Å². The van der Waals surface area contributed by atoms with Crippen molar-refractivity contribution < 1.29 is 19.1 Å². The molecule has 7 heteroatoms. The predicted molar refractivity (Wildman–Crippen MR) is 76.6 cm³/mol. The van der Waals surface area contributed by atoms with Crippen LogP contribution in [0.5, 0.6) is 5.75 Å². The van der Waals surface area contributed by atoms with Gasteiger partial charge in [0.2, 0.25) is 11.8 Å². The van der Waals surface area contributed by atoms with Crippen LogP contribution in [-0.4, -0.2) is 38.7 Å². The highest BCUT2D eigenvalue weighted by Gasteiger charge is 2.34. The molecule has 1 aromatic rings. The van der Waals surface area contributed by atoms with Crippen molar-refractivity contribution in [1.29, 1.82) is 0 Å². The Kier molecular flexibility index (Phi) is 5.13. The molecular formula is C14H19N3O4. The smallest absolute Gasteiger partial charge is 0.239 e. The Hall–Kier alpha value is -2.12. The maximum atomic E-state index is 12.0. The first-order valence-corrected chi connectivity index (χ1v) is 6.68. The van der Waals surface area contributed by atoms with Crippen LogP contribution in [0.15, 0.2) is 24.3 Å². The monoisotopic (exact) mass is 293 g/mol. The second-order valence-corrected chi connectivity index (χ2v) is 4.75. The Morgan fingerprint density at radius 3 is 2.71 bits per heavy atom. The van der Waals surface area contributed by atoms with E-state index >= 15 is 0 Å². The van der Waals surface area contributed by atoms with Crippen LogP contribution in [0.4, 0.5) is 5.69 Å². The molecule has 21 heavy (non-hydrogen) atoms. The highest BCUT2D eigenvalue weighted by atomic mass is 16.5. The normalized spacial score (nSPS) is 17.9. The summed E-state index contributed by atoms with van der Waals surface area (Å²) in [4.78, 5) is 25.0. The number of nitrogens with one attached hydrogen (secondary N) is 1. The summed E-state index contributed by atoms with van der Waals surface area (Å²) in [5, 5.41) is 0. The van der Waals surface area contributed by atoms with E-state index in [1.54, 1.807) is 36.3 Å². The van der Waals surface area contributed by atoms with Crippen molar-refractivity contribution in [3.63, 3.8) is 0 Å². The second-order valence-electron chi connectivity index (χ2n) is 4.75. The number of benzene rings is 1. The van der Waals surface area contributed by atoms with E-state index in [0.29, 0.717) is 25.5 Å². The number of nitrogens with two attached hydrogens (primary N) is 1. The summed E-state index contributed by atoms with van der Waals surface area (Å²) in [5.74, 6) is 5.01. The van der Waals surface area contributed by atoms with E-state index in [4.69, 9.17) is 15.3 Å². The van der Waals surface area contributed by atoms with Gasteiger partial charge in [0.1, 0.15) is 12.4 Å². The minimum atomic E-state index is -0.403. The molecule has 1 saturated heterocycles. The maximum Gasteiger partial charge on any atom is 0.239 e. The van der Waals surface area contributed by atoms with Gasteiger partial charge in [-0.2, -0.15) is 0 Å². The minimum Gasteiger partial charge on any atom is -0.491 e. The first-order valence-electron chi connectivity index (χ1n) is 6.68. The largest absolute Gasteiger partial charge is 0.491 e. The third kappa shape index (κ3) is 3.71. The summed E-state index contributed by atoms with van der Waals surface area (Å²) in [6.45, 7) is 1.32. The molecule has 0 spiro atoms. The number of anilines is 1. The van der Waals surface area contributed by atoms with Gasteiger partial charge in [0.25, 0.3) is 0 Å². The van der Waals surface area contributed by atoms with Gasteiger partial charge in [0.05, 0.1) is 12.5 Å².